The van der Waals surface area contributed by atoms with Crippen molar-refractivity contribution in [1.82, 2.24) is 0 Å². The van der Waals surface area contributed by atoms with Gasteiger partial charge in [-0.2, -0.15) is 0 Å². The number of benzene rings is 1. The van der Waals surface area contributed by atoms with Crippen LogP contribution in [0.25, 0.3) is 0 Å². The standard InChI is InChI=1S/C13H19N3O2/c1-10-2-3-12(8-13(10)16(17)18)15-6-4-11(9-14)5-7-15/h2-3,8,11H,4-7,9,14H2,1H3. The van der Waals surface area contributed by atoms with Gasteiger partial charge in [0, 0.05) is 30.4 Å². The first-order chi connectivity index (χ1) is 8.61. The Kier molecular flexibility index (Phi) is 3.81. The first-order valence-corrected chi connectivity index (χ1v) is 6.32. The summed E-state index contributed by atoms with van der Waals surface area (Å²) in [6, 6.07) is 5.46. The van der Waals surface area contributed by atoms with Crippen molar-refractivity contribution in [2.75, 3.05) is 24.5 Å². The number of aryl methyl sites for hydroxylation is 1. The molecule has 0 aromatic heterocycles. The Hall–Kier alpha value is -1.62. The molecule has 0 atom stereocenters. The van der Waals surface area contributed by atoms with Gasteiger partial charge < -0.3 is 10.6 Å². The van der Waals surface area contributed by atoms with Crippen molar-refractivity contribution in [3.63, 3.8) is 0 Å². The van der Waals surface area contributed by atoms with E-state index < -0.39 is 0 Å². The second-order valence-corrected chi connectivity index (χ2v) is 4.89. The van der Waals surface area contributed by atoms with Crippen LogP contribution in [0.3, 0.4) is 0 Å². The molecule has 0 radical (unpaired) electrons. The summed E-state index contributed by atoms with van der Waals surface area (Å²) in [4.78, 5) is 12.8. The molecule has 0 amide bonds. The van der Waals surface area contributed by atoms with Gasteiger partial charge in [0.25, 0.3) is 5.69 Å². The molecular weight excluding hydrogens is 230 g/mol. The van der Waals surface area contributed by atoms with Crippen LogP contribution in [0.1, 0.15) is 18.4 Å². The second kappa shape index (κ2) is 5.35. The molecule has 2 rings (SSSR count). The number of nitrogens with zero attached hydrogens (tertiary/aromatic N) is 2. The summed E-state index contributed by atoms with van der Waals surface area (Å²) in [6.07, 6.45) is 2.14. The first-order valence-electron chi connectivity index (χ1n) is 6.32. The molecule has 18 heavy (non-hydrogen) atoms. The quantitative estimate of drug-likeness (QED) is 0.657. The minimum Gasteiger partial charge on any atom is -0.371 e. The van der Waals surface area contributed by atoms with E-state index >= 15 is 0 Å². The van der Waals surface area contributed by atoms with Crippen LogP contribution >= 0.6 is 0 Å². The average molecular weight is 249 g/mol. The highest BCUT2D eigenvalue weighted by Gasteiger charge is 2.20. The Morgan fingerprint density at radius 2 is 2.11 bits per heavy atom. The smallest absolute Gasteiger partial charge is 0.274 e. The minimum atomic E-state index is -0.314. The van der Waals surface area contributed by atoms with Crippen molar-refractivity contribution < 1.29 is 4.92 Å². The maximum Gasteiger partial charge on any atom is 0.274 e. The van der Waals surface area contributed by atoms with Crippen molar-refractivity contribution in [3.8, 4) is 0 Å². The molecule has 0 unspecified atom stereocenters. The molecular formula is C13H19N3O2. The molecule has 2 N–H and O–H groups in total. The number of nitrogens with two attached hydrogens (primary N) is 1. The van der Waals surface area contributed by atoms with E-state index in [9.17, 15) is 10.1 Å². The Balaban J connectivity index is 2.15. The lowest BCUT2D eigenvalue weighted by molar-refractivity contribution is -0.385. The van der Waals surface area contributed by atoms with Crippen LogP contribution < -0.4 is 10.6 Å². The van der Waals surface area contributed by atoms with Gasteiger partial charge in [-0.15, -0.1) is 0 Å². The molecule has 1 saturated heterocycles. The maximum atomic E-state index is 10.9. The normalized spacial score (nSPS) is 16.9. The molecule has 0 aliphatic carbocycles. The van der Waals surface area contributed by atoms with Crippen molar-refractivity contribution in [3.05, 3.63) is 33.9 Å². The Morgan fingerprint density at radius 1 is 1.44 bits per heavy atom. The number of piperidine rings is 1. The maximum absolute atomic E-state index is 10.9. The predicted octanol–water partition coefficient (Wildman–Crippen LogP) is 2.08. The average Bonchev–Trinajstić information content (AvgIpc) is 2.39. The SMILES string of the molecule is Cc1ccc(N2CCC(CN)CC2)cc1[N+](=O)[O-]. The molecule has 0 spiro atoms. The lowest BCUT2D eigenvalue weighted by atomic mass is 9.96. The molecule has 98 valence electrons. The Bertz CT molecular complexity index is 440. The van der Waals surface area contributed by atoms with E-state index in [1.54, 1.807) is 13.0 Å². The van der Waals surface area contributed by atoms with E-state index in [-0.39, 0.29) is 10.6 Å². The number of rotatable bonds is 3. The number of nitro groups is 1. The van der Waals surface area contributed by atoms with E-state index in [0.717, 1.165) is 38.2 Å². The largest absolute Gasteiger partial charge is 0.371 e. The fourth-order valence-electron chi connectivity index (χ4n) is 2.42. The van der Waals surface area contributed by atoms with E-state index in [2.05, 4.69) is 4.90 Å². The lowest BCUT2D eigenvalue weighted by Gasteiger charge is -2.33. The first kappa shape index (κ1) is 12.8. The van der Waals surface area contributed by atoms with E-state index in [1.807, 2.05) is 12.1 Å². The molecule has 1 fully saturated rings. The molecule has 1 aromatic carbocycles. The van der Waals surface area contributed by atoms with Crippen LogP contribution in [-0.4, -0.2) is 24.6 Å². The highest BCUT2D eigenvalue weighted by atomic mass is 16.6. The zero-order valence-electron chi connectivity index (χ0n) is 10.6. The lowest BCUT2D eigenvalue weighted by Crippen LogP contribution is -2.36. The van der Waals surface area contributed by atoms with Crippen LogP contribution in [0.4, 0.5) is 11.4 Å². The zero-order valence-corrected chi connectivity index (χ0v) is 10.6. The minimum absolute atomic E-state index is 0.202. The van der Waals surface area contributed by atoms with Crippen molar-refractivity contribution in [1.29, 1.82) is 0 Å². The van der Waals surface area contributed by atoms with Gasteiger partial charge in [0.15, 0.2) is 0 Å². The monoisotopic (exact) mass is 249 g/mol. The number of anilines is 1. The van der Waals surface area contributed by atoms with E-state index in [4.69, 9.17) is 5.73 Å². The summed E-state index contributed by atoms with van der Waals surface area (Å²) < 4.78 is 0. The highest BCUT2D eigenvalue weighted by molar-refractivity contribution is 5.56. The summed E-state index contributed by atoms with van der Waals surface area (Å²) in [5.74, 6) is 0.599. The van der Waals surface area contributed by atoms with Gasteiger partial charge in [-0.3, -0.25) is 10.1 Å². The van der Waals surface area contributed by atoms with Crippen LogP contribution in [0, 0.1) is 23.0 Å². The van der Waals surface area contributed by atoms with Gasteiger partial charge in [0.1, 0.15) is 0 Å². The molecule has 1 heterocycles. The topological polar surface area (TPSA) is 72.4 Å². The summed E-state index contributed by atoms with van der Waals surface area (Å²) in [5, 5.41) is 10.9. The molecule has 0 saturated carbocycles. The summed E-state index contributed by atoms with van der Waals surface area (Å²) in [5.41, 5.74) is 7.52. The Labute approximate surface area is 107 Å². The third kappa shape index (κ3) is 2.61. The summed E-state index contributed by atoms with van der Waals surface area (Å²) in [7, 11) is 0. The third-order valence-corrected chi connectivity index (χ3v) is 3.70. The fraction of sp³-hybridized carbons (Fsp3) is 0.538. The van der Waals surface area contributed by atoms with Gasteiger partial charge in [-0.1, -0.05) is 6.07 Å². The van der Waals surface area contributed by atoms with Crippen LogP contribution in [-0.2, 0) is 0 Å². The molecule has 5 heteroatoms. The van der Waals surface area contributed by atoms with Gasteiger partial charge in [-0.05, 0) is 38.3 Å². The van der Waals surface area contributed by atoms with Crippen LogP contribution in [0.5, 0.6) is 0 Å². The van der Waals surface area contributed by atoms with Crippen molar-refractivity contribution >= 4 is 11.4 Å². The van der Waals surface area contributed by atoms with Gasteiger partial charge in [0.2, 0.25) is 0 Å². The fourth-order valence-corrected chi connectivity index (χ4v) is 2.42. The second-order valence-electron chi connectivity index (χ2n) is 4.89. The predicted molar refractivity (Wildman–Crippen MR) is 71.8 cm³/mol. The number of hydrogen-bond donors (Lipinski definition) is 1. The van der Waals surface area contributed by atoms with Crippen molar-refractivity contribution in [2.24, 2.45) is 11.7 Å². The van der Waals surface area contributed by atoms with Gasteiger partial charge >= 0.3 is 0 Å². The van der Waals surface area contributed by atoms with E-state index in [0.29, 0.717) is 11.5 Å². The van der Waals surface area contributed by atoms with Crippen LogP contribution in [0.2, 0.25) is 0 Å². The highest BCUT2D eigenvalue weighted by Crippen LogP contribution is 2.28. The molecule has 1 aromatic rings. The number of hydrogen-bond acceptors (Lipinski definition) is 4. The molecule has 5 nitrogen and oxygen atoms in total. The van der Waals surface area contributed by atoms with Crippen LogP contribution in [0.15, 0.2) is 18.2 Å². The van der Waals surface area contributed by atoms with Crippen molar-refractivity contribution in [2.45, 2.75) is 19.8 Å². The summed E-state index contributed by atoms with van der Waals surface area (Å²) in [6.45, 7) is 4.37. The number of nitro benzene ring substituents is 1. The third-order valence-electron chi connectivity index (χ3n) is 3.70. The molecule has 1 aliphatic heterocycles. The van der Waals surface area contributed by atoms with Gasteiger partial charge in [0.05, 0.1) is 4.92 Å². The van der Waals surface area contributed by atoms with Gasteiger partial charge in [-0.25, -0.2) is 0 Å². The zero-order chi connectivity index (χ0) is 13.1. The summed E-state index contributed by atoms with van der Waals surface area (Å²) >= 11 is 0. The molecule has 0 bridgehead atoms. The molecule has 1 aliphatic rings. The van der Waals surface area contributed by atoms with E-state index in [1.165, 1.54) is 0 Å². The Morgan fingerprint density at radius 3 is 2.67 bits per heavy atom.